The SMILES string of the molecule is N#CCCN(Cc1ccco1)C(=O)CSc1nnc2ccccn12. The van der Waals surface area contributed by atoms with Gasteiger partial charge >= 0.3 is 0 Å². The van der Waals surface area contributed by atoms with E-state index in [1.54, 1.807) is 17.2 Å². The summed E-state index contributed by atoms with van der Waals surface area (Å²) in [7, 11) is 0. The van der Waals surface area contributed by atoms with Crippen molar-refractivity contribution in [2.75, 3.05) is 12.3 Å². The fourth-order valence-electron chi connectivity index (χ4n) is 2.20. The molecule has 0 saturated heterocycles. The summed E-state index contributed by atoms with van der Waals surface area (Å²) in [5.74, 6) is 0.848. The molecule has 122 valence electrons. The van der Waals surface area contributed by atoms with E-state index in [2.05, 4.69) is 16.3 Å². The first-order chi connectivity index (χ1) is 11.8. The Morgan fingerprint density at radius 3 is 3.04 bits per heavy atom. The van der Waals surface area contributed by atoms with Gasteiger partial charge < -0.3 is 9.32 Å². The molecule has 3 heterocycles. The minimum atomic E-state index is -0.0701. The Bertz CT molecular complexity index is 853. The Morgan fingerprint density at radius 1 is 1.33 bits per heavy atom. The van der Waals surface area contributed by atoms with Crippen LogP contribution >= 0.6 is 11.8 Å². The largest absolute Gasteiger partial charge is 0.467 e. The number of amides is 1. The Hall–Kier alpha value is -2.79. The van der Waals surface area contributed by atoms with E-state index >= 15 is 0 Å². The molecule has 3 rings (SSSR count). The molecule has 0 fully saturated rings. The number of pyridine rings is 1. The first kappa shape index (κ1) is 16.1. The van der Waals surface area contributed by atoms with Crippen LogP contribution < -0.4 is 0 Å². The summed E-state index contributed by atoms with van der Waals surface area (Å²) in [5.41, 5.74) is 0.740. The number of hydrogen-bond acceptors (Lipinski definition) is 6. The van der Waals surface area contributed by atoms with Gasteiger partial charge in [-0.3, -0.25) is 9.20 Å². The number of nitriles is 1. The molecule has 3 aromatic heterocycles. The van der Waals surface area contributed by atoms with Gasteiger partial charge in [-0.2, -0.15) is 5.26 Å². The second-order valence-electron chi connectivity index (χ2n) is 5.00. The molecule has 0 aliphatic heterocycles. The van der Waals surface area contributed by atoms with Crippen LogP contribution in [0.1, 0.15) is 12.2 Å². The molecule has 0 aliphatic rings. The molecule has 7 nitrogen and oxygen atoms in total. The molecule has 8 heteroatoms. The molecule has 1 amide bonds. The van der Waals surface area contributed by atoms with Crippen LogP contribution in [0.15, 0.2) is 52.4 Å². The van der Waals surface area contributed by atoms with Crippen LogP contribution in [0.3, 0.4) is 0 Å². The van der Waals surface area contributed by atoms with Crippen molar-refractivity contribution in [2.24, 2.45) is 0 Å². The van der Waals surface area contributed by atoms with Crippen LogP contribution in [-0.2, 0) is 11.3 Å². The molecular weight excluding hydrogens is 326 g/mol. The highest BCUT2D eigenvalue weighted by Crippen LogP contribution is 2.18. The van der Waals surface area contributed by atoms with Crippen molar-refractivity contribution in [3.63, 3.8) is 0 Å². The van der Waals surface area contributed by atoms with Gasteiger partial charge in [-0.05, 0) is 24.3 Å². The fourth-order valence-corrected chi connectivity index (χ4v) is 3.03. The summed E-state index contributed by atoms with van der Waals surface area (Å²) < 4.78 is 7.13. The molecule has 0 N–H and O–H groups in total. The van der Waals surface area contributed by atoms with Gasteiger partial charge in [0.25, 0.3) is 0 Å². The Morgan fingerprint density at radius 2 is 2.25 bits per heavy atom. The topological polar surface area (TPSA) is 87.4 Å². The normalized spacial score (nSPS) is 10.6. The number of rotatable bonds is 7. The number of nitrogens with zero attached hydrogens (tertiary/aromatic N) is 5. The van der Waals surface area contributed by atoms with E-state index in [0.717, 1.165) is 5.65 Å². The number of carbonyl (C=O) groups excluding carboxylic acids is 1. The third kappa shape index (κ3) is 3.75. The number of hydrogen-bond donors (Lipinski definition) is 0. The van der Waals surface area contributed by atoms with E-state index in [4.69, 9.17) is 9.68 Å². The summed E-state index contributed by atoms with van der Waals surface area (Å²) in [6.45, 7) is 0.728. The van der Waals surface area contributed by atoms with Gasteiger partial charge in [-0.25, -0.2) is 0 Å². The van der Waals surface area contributed by atoms with Crippen molar-refractivity contribution in [3.8, 4) is 6.07 Å². The quantitative estimate of drug-likeness (QED) is 0.613. The van der Waals surface area contributed by atoms with Crippen molar-refractivity contribution >= 4 is 23.3 Å². The van der Waals surface area contributed by atoms with Crippen molar-refractivity contribution in [2.45, 2.75) is 18.1 Å². The molecule has 0 bridgehead atoms. The fraction of sp³-hybridized carbons (Fsp3) is 0.250. The minimum absolute atomic E-state index is 0.0701. The average Bonchev–Trinajstić information content (AvgIpc) is 3.26. The van der Waals surface area contributed by atoms with Gasteiger partial charge in [0.2, 0.25) is 5.91 Å². The molecule has 0 radical (unpaired) electrons. The zero-order chi connectivity index (χ0) is 16.8. The van der Waals surface area contributed by atoms with Crippen LogP contribution in [0.5, 0.6) is 0 Å². The minimum Gasteiger partial charge on any atom is -0.467 e. The van der Waals surface area contributed by atoms with Crippen molar-refractivity contribution < 1.29 is 9.21 Å². The number of aromatic nitrogens is 3. The van der Waals surface area contributed by atoms with Crippen LogP contribution in [0.4, 0.5) is 0 Å². The molecule has 0 saturated carbocycles. The highest BCUT2D eigenvalue weighted by molar-refractivity contribution is 7.99. The maximum absolute atomic E-state index is 12.5. The predicted octanol–water partition coefficient (Wildman–Crippen LogP) is 2.36. The van der Waals surface area contributed by atoms with E-state index in [0.29, 0.717) is 24.0 Å². The molecule has 0 aliphatic carbocycles. The predicted molar refractivity (Wildman–Crippen MR) is 88.1 cm³/mol. The second-order valence-corrected chi connectivity index (χ2v) is 5.95. The van der Waals surface area contributed by atoms with E-state index in [1.807, 2.05) is 34.9 Å². The third-order valence-corrected chi connectivity index (χ3v) is 4.31. The zero-order valence-electron chi connectivity index (χ0n) is 12.8. The summed E-state index contributed by atoms with van der Waals surface area (Å²) in [6.07, 6.45) is 3.71. The lowest BCUT2D eigenvalue weighted by molar-refractivity contribution is -0.129. The van der Waals surface area contributed by atoms with Crippen molar-refractivity contribution in [1.29, 1.82) is 5.26 Å². The van der Waals surface area contributed by atoms with Crippen LogP contribution in [0.2, 0.25) is 0 Å². The monoisotopic (exact) mass is 341 g/mol. The maximum Gasteiger partial charge on any atom is 0.233 e. The molecule has 24 heavy (non-hydrogen) atoms. The first-order valence-electron chi connectivity index (χ1n) is 7.37. The van der Waals surface area contributed by atoms with Crippen LogP contribution in [0.25, 0.3) is 5.65 Å². The maximum atomic E-state index is 12.5. The van der Waals surface area contributed by atoms with Gasteiger partial charge in [0.1, 0.15) is 5.76 Å². The van der Waals surface area contributed by atoms with Gasteiger partial charge in [0.15, 0.2) is 10.8 Å². The van der Waals surface area contributed by atoms with Crippen molar-refractivity contribution in [3.05, 3.63) is 48.6 Å². The molecule has 0 atom stereocenters. The Balaban J connectivity index is 1.65. The third-order valence-electron chi connectivity index (χ3n) is 3.38. The van der Waals surface area contributed by atoms with Crippen molar-refractivity contribution in [1.82, 2.24) is 19.5 Å². The second kappa shape index (κ2) is 7.66. The highest BCUT2D eigenvalue weighted by atomic mass is 32.2. The highest BCUT2D eigenvalue weighted by Gasteiger charge is 2.17. The average molecular weight is 341 g/mol. The lowest BCUT2D eigenvalue weighted by Crippen LogP contribution is -2.32. The lowest BCUT2D eigenvalue weighted by atomic mass is 10.3. The van der Waals surface area contributed by atoms with Gasteiger partial charge in [0, 0.05) is 12.7 Å². The summed E-state index contributed by atoms with van der Waals surface area (Å²) in [6, 6.07) is 11.3. The summed E-state index contributed by atoms with van der Waals surface area (Å²) in [4.78, 5) is 14.1. The van der Waals surface area contributed by atoms with E-state index in [1.165, 1.54) is 11.8 Å². The van der Waals surface area contributed by atoms with E-state index in [-0.39, 0.29) is 18.1 Å². The number of fused-ring (bicyclic) bond motifs is 1. The smallest absolute Gasteiger partial charge is 0.233 e. The van der Waals surface area contributed by atoms with E-state index < -0.39 is 0 Å². The molecule has 0 unspecified atom stereocenters. The Kier molecular flexibility index (Phi) is 5.13. The molecule has 0 aromatic carbocycles. The first-order valence-corrected chi connectivity index (χ1v) is 8.36. The number of furan rings is 1. The van der Waals surface area contributed by atoms with E-state index in [9.17, 15) is 4.79 Å². The molecule has 0 spiro atoms. The van der Waals surface area contributed by atoms with Gasteiger partial charge in [-0.1, -0.05) is 17.8 Å². The summed E-state index contributed by atoms with van der Waals surface area (Å²) >= 11 is 1.32. The number of carbonyl (C=O) groups is 1. The number of thioether (sulfide) groups is 1. The van der Waals surface area contributed by atoms with Gasteiger partial charge in [0.05, 0.1) is 31.1 Å². The lowest BCUT2D eigenvalue weighted by Gasteiger charge is -2.20. The standard InChI is InChI=1S/C16H15N5O2S/c17-7-4-8-20(11-13-5-3-10-23-13)15(22)12-24-16-19-18-14-6-1-2-9-21(14)16/h1-3,5-6,9-10H,4,8,11-12H2. The molecule has 3 aromatic rings. The Labute approximate surface area is 142 Å². The molecular formula is C16H15N5O2S. The van der Waals surface area contributed by atoms with Crippen LogP contribution in [-0.4, -0.2) is 37.7 Å². The summed E-state index contributed by atoms with van der Waals surface area (Å²) in [5, 5.41) is 17.6. The van der Waals surface area contributed by atoms with Gasteiger partial charge in [-0.15, -0.1) is 10.2 Å². The van der Waals surface area contributed by atoms with Crippen LogP contribution in [0, 0.1) is 11.3 Å². The zero-order valence-corrected chi connectivity index (χ0v) is 13.6.